The van der Waals surface area contributed by atoms with E-state index in [0.29, 0.717) is 41.6 Å². The molecule has 3 rings (SSSR count). The molecule has 0 saturated heterocycles. The van der Waals surface area contributed by atoms with E-state index in [0.717, 1.165) is 5.39 Å². The van der Waals surface area contributed by atoms with Gasteiger partial charge in [0.15, 0.2) is 23.9 Å². The summed E-state index contributed by atoms with van der Waals surface area (Å²) in [4.78, 5) is 23.7. The number of ether oxygens (including phenoxy) is 4. The molecule has 9 nitrogen and oxygen atoms in total. The summed E-state index contributed by atoms with van der Waals surface area (Å²) in [7, 11) is 1.28. The Bertz CT molecular complexity index is 1120. The lowest BCUT2D eigenvalue weighted by molar-refractivity contribution is -0.142. The highest BCUT2D eigenvalue weighted by Gasteiger charge is 2.13. The van der Waals surface area contributed by atoms with Crippen molar-refractivity contribution < 1.29 is 33.0 Å². The van der Waals surface area contributed by atoms with Crippen LogP contribution < -0.4 is 19.6 Å². The van der Waals surface area contributed by atoms with Gasteiger partial charge in [-0.05, 0) is 61.9 Å². The van der Waals surface area contributed by atoms with Crippen LogP contribution in [-0.4, -0.2) is 45.0 Å². The van der Waals surface area contributed by atoms with Gasteiger partial charge in [0.25, 0.3) is 0 Å². The number of esters is 1. The summed E-state index contributed by atoms with van der Waals surface area (Å²) >= 11 is 0. The summed E-state index contributed by atoms with van der Waals surface area (Å²) in [5.74, 6) is 0.683. The van der Waals surface area contributed by atoms with Gasteiger partial charge >= 0.3 is 11.9 Å². The molecule has 0 aliphatic carbocycles. The second kappa shape index (κ2) is 10.9. The van der Waals surface area contributed by atoms with Gasteiger partial charge in [0.1, 0.15) is 11.3 Å². The van der Waals surface area contributed by atoms with Crippen LogP contribution in [0.25, 0.3) is 11.0 Å². The molecule has 9 heteroatoms. The van der Waals surface area contributed by atoms with Crippen molar-refractivity contribution in [1.29, 1.82) is 0 Å². The molecule has 1 amide bonds. The number of nitrogens with zero attached hydrogens (tertiary/aromatic N) is 1. The van der Waals surface area contributed by atoms with E-state index >= 15 is 0 Å². The third-order valence-corrected chi connectivity index (χ3v) is 4.24. The largest absolute Gasteiger partial charge is 0.494 e. The van der Waals surface area contributed by atoms with Crippen molar-refractivity contribution in [3.8, 4) is 17.2 Å². The van der Waals surface area contributed by atoms with Gasteiger partial charge in [0.2, 0.25) is 0 Å². The third kappa shape index (κ3) is 5.78. The number of hydrazone groups is 1. The normalized spacial score (nSPS) is 10.8. The summed E-state index contributed by atoms with van der Waals surface area (Å²) in [6.07, 6.45) is 1.46. The summed E-state index contributed by atoms with van der Waals surface area (Å²) in [5.41, 5.74) is 3.67. The maximum Gasteiger partial charge on any atom is 0.343 e. The smallest absolute Gasteiger partial charge is 0.343 e. The monoisotopic (exact) mass is 440 g/mol. The minimum absolute atomic E-state index is 0.132. The molecular formula is C23H24N2O7. The molecule has 0 bridgehead atoms. The predicted octanol–water partition coefficient (Wildman–Crippen LogP) is 3.55. The second-order valence-electron chi connectivity index (χ2n) is 6.45. The molecule has 0 spiro atoms. The second-order valence-corrected chi connectivity index (χ2v) is 6.45. The number of amides is 1. The van der Waals surface area contributed by atoms with Crippen LogP contribution >= 0.6 is 0 Å². The van der Waals surface area contributed by atoms with E-state index in [1.165, 1.54) is 13.3 Å². The molecule has 0 aliphatic heterocycles. The Labute approximate surface area is 184 Å². The lowest BCUT2D eigenvalue weighted by Crippen LogP contribution is -2.16. The Morgan fingerprint density at radius 2 is 1.81 bits per heavy atom. The molecule has 1 heterocycles. The fourth-order valence-electron chi connectivity index (χ4n) is 2.80. The Kier molecular flexibility index (Phi) is 7.69. The Hall–Kier alpha value is -4.01. The highest BCUT2D eigenvalue weighted by Crippen LogP contribution is 2.28. The first-order valence-corrected chi connectivity index (χ1v) is 10.00. The van der Waals surface area contributed by atoms with Crippen LogP contribution in [0.4, 0.5) is 0 Å². The first kappa shape index (κ1) is 22.7. The first-order valence-electron chi connectivity index (χ1n) is 10.00. The maximum absolute atomic E-state index is 12.4. The molecule has 0 radical (unpaired) electrons. The van der Waals surface area contributed by atoms with Crippen LogP contribution in [0.5, 0.6) is 17.2 Å². The van der Waals surface area contributed by atoms with E-state index in [2.05, 4.69) is 15.3 Å². The molecule has 1 aromatic heterocycles. The standard InChI is InChI=1S/C23H24N2O7/c1-4-29-17-7-9-18-16(11-17)12-21(32-18)23(27)25-24-13-15-6-8-19(20(10-15)30-5-2)31-14-22(26)28-3/h6-13H,4-5,14H2,1-3H3,(H,25,27)/b24-13+. The number of methoxy groups -OCH3 is 1. The molecule has 168 valence electrons. The van der Waals surface area contributed by atoms with Gasteiger partial charge in [0.05, 0.1) is 26.5 Å². The van der Waals surface area contributed by atoms with E-state index in [4.69, 9.17) is 18.6 Å². The maximum atomic E-state index is 12.4. The third-order valence-electron chi connectivity index (χ3n) is 4.24. The van der Waals surface area contributed by atoms with E-state index in [9.17, 15) is 9.59 Å². The van der Waals surface area contributed by atoms with Gasteiger partial charge in [0, 0.05) is 5.39 Å². The number of fused-ring (bicyclic) bond motifs is 1. The fraction of sp³-hybridized carbons (Fsp3) is 0.261. The molecule has 3 aromatic rings. The Balaban J connectivity index is 1.66. The highest BCUT2D eigenvalue weighted by atomic mass is 16.6. The molecule has 0 saturated carbocycles. The summed E-state index contributed by atoms with van der Waals surface area (Å²) in [5, 5.41) is 4.73. The number of carbonyl (C=O) groups excluding carboxylic acids is 2. The van der Waals surface area contributed by atoms with E-state index in [1.807, 2.05) is 19.9 Å². The zero-order valence-electron chi connectivity index (χ0n) is 18.0. The molecule has 0 atom stereocenters. The van der Waals surface area contributed by atoms with Crippen molar-refractivity contribution in [2.75, 3.05) is 26.9 Å². The van der Waals surface area contributed by atoms with Crippen LogP contribution in [-0.2, 0) is 9.53 Å². The number of hydrogen-bond donors (Lipinski definition) is 1. The average Bonchev–Trinajstić information content (AvgIpc) is 3.22. The number of furan rings is 1. The predicted molar refractivity (Wildman–Crippen MR) is 118 cm³/mol. The average molecular weight is 440 g/mol. The SMILES string of the molecule is CCOc1ccc2oc(C(=O)N/N=C/c3ccc(OCC(=O)OC)c(OCC)c3)cc2c1. The number of benzene rings is 2. The van der Waals surface area contributed by atoms with Crippen LogP contribution in [0.15, 0.2) is 52.0 Å². The number of rotatable bonds is 10. The van der Waals surface area contributed by atoms with Crippen molar-refractivity contribution in [1.82, 2.24) is 5.43 Å². The summed E-state index contributed by atoms with van der Waals surface area (Å²) in [6, 6.07) is 12.0. The first-order chi connectivity index (χ1) is 15.5. The van der Waals surface area contributed by atoms with Crippen molar-refractivity contribution in [2.45, 2.75) is 13.8 Å². The zero-order chi connectivity index (χ0) is 22.9. The van der Waals surface area contributed by atoms with Gasteiger partial charge in [-0.25, -0.2) is 10.2 Å². The molecule has 0 aliphatic rings. The quantitative estimate of drug-likeness (QED) is 0.292. The molecule has 0 unspecified atom stereocenters. The van der Waals surface area contributed by atoms with Crippen LogP contribution in [0.2, 0.25) is 0 Å². The van der Waals surface area contributed by atoms with E-state index in [-0.39, 0.29) is 12.4 Å². The van der Waals surface area contributed by atoms with Crippen LogP contribution in [0, 0.1) is 0 Å². The highest BCUT2D eigenvalue weighted by molar-refractivity contribution is 5.96. The minimum Gasteiger partial charge on any atom is -0.494 e. The molecule has 1 N–H and O–H groups in total. The Morgan fingerprint density at radius 3 is 2.56 bits per heavy atom. The minimum atomic E-state index is -0.500. The lowest BCUT2D eigenvalue weighted by Gasteiger charge is -2.11. The van der Waals surface area contributed by atoms with Gasteiger partial charge < -0.3 is 23.4 Å². The number of hydrogen-bond acceptors (Lipinski definition) is 8. The summed E-state index contributed by atoms with van der Waals surface area (Å²) in [6.45, 7) is 4.45. The van der Waals surface area contributed by atoms with Gasteiger partial charge in [-0.2, -0.15) is 5.10 Å². The summed E-state index contributed by atoms with van der Waals surface area (Å²) < 4.78 is 26.6. The molecule has 32 heavy (non-hydrogen) atoms. The van der Waals surface area contributed by atoms with Crippen molar-refractivity contribution in [3.05, 3.63) is 53.8 Å². The molecule has 2 aromatic carbocycles. The molecular weight excluding hydrogens is 416 g/mol. The van der Waals surface area contributed by atoms with Gasteiger partial charge in [-0.3, -0.25) is 4.79 Å². The number of carbonyl (C=O) groups is 2. The van der Waals surface area contributed by atoms with E-state index in [1.54, 1.807) is 36.4 Å². The molecule has 0 fully saturated rings. The van der Waals surface area contributed by atoms with Gasteiger partial charge in [-0.1, -0.05) is 0 Å². The van der Waals surface area contributed by atoms with Crippen molar-refractivity contribution in [2.24, 2.45) is 5.10 Å². The Morgan fingerprint density at radius 1 is 1.00 bits per heavy atom. The zero-order valence-corrected chi connectivity index (χ0v) is 18.0. The lowest BCUT2D eigenvalue weighted by atomic mass is 10.2. The van der Waals surface area contributed by atoms with E-state index < -0.39 is 11.9 Å². The van der Waals surface area contributed by atoms with Gasteiger partial charge in [-0.15, -0.1) is 0 Å². The van der Waals surface area contributed by atoms with Crippen LogP contribution in [0.3, 0.4) is 0 Å². The number of nitrogens with one attached hydrogen (secondary N) is 1. The topological polar surface area (TPSA) is 109 Å². The van der Waals surface area contributed by atoms with Crippen LogP contribution in [0.1, 0.15) is 30.0 Å². The van der Waals surface area contributed by atoms with Crippen molar-refractivity contribution in [3.63, 3.8) is 0 Å². The fourth-order valence-corrected chi connectivity index (χ4v) is 2.80. The van der Waals surface area contributed by atoms with Crippen molar-refractivity contribution >= 4 is 29.1 Å².